The lowest BCUT2D eigenvalue weighted by Crippen LogP contribution is -2.52. The summed E-state index contributed by atoms with van der Waals surface area (Å²) in [5.41, 5.74) is 0.309. The van der Waals surface area contributed by atoms with Gasteiger partial charge in [-0.3, -0.25) is 4.79 Å². The Bertz CT molecular complexity index is 629. The molecule has 1 aromatic rings. The van der Waals surface area contributed by atoms with E-state index in [-0.39, 0.29) is 42.3 Å². The number of amides is 1. The molecule has 0 bridgehead atoms. The second-order valence-corrected chi connectivity index (χ2v) is 6.54. The summed E-state index contributed by atoms with van der Waals surface area (Å²) in [5.74, 6) is -0.273. The second-order valence-electron chi connectivity index (χ2n) is 4.23. The van der Waals surface area contributed by atoms with Crippen LogP contribution in [0, 0.1) is 0 Å². The van der Waals surface area contributed by atoms with E-state index in [4.69, 9.17) is 28.3 Å². The van der Waals surface area contributed by atoms with E-state index in [1.165, 1.54) is 17.2 Å². The Hall–Kier alpha value is -0.930. The van der Waals surface area contributed by atoms with Crippen molar-refractivity contribution in [3.63, 3.8) is 0 Å². The highest BCUT2D eigenvalue weighted by molar-refractivity contribution is 7.86. The molecule has 2 N–H and O–H groups in total. The number of hydrogen-bond donors (Lipinski definition) is 1. The number of hydrogen-bond acceptors (Lipinski definition) is 4. The topological polar surface area (TPSA) is 96.6 Å². The van der Waals surface area contributed by atoms with E-state index in [0.717, 1.165) is 4.31 Å². The molecule has 1 aliphatic heterocycles. The zero-order valence-corrected chi connectivity index (χ0v) is 12.6. The summed E-state index contributed by atoms with van der Waals surface area (Å²) in [6.45, 7) is 0.851. The fourth-order valence-electron chi connectivity index (χ4n) is 1.87. The van der Waals surface area contributed by atoms with Gasteiger partial charge in [-0.05, 0) is 6.07 Å². The molecule has 7 nitrogen and oxygen atoms in total. The largest absolute Gasteiger partial charge is 0.336 e. The van der Waals surface area contributed by atoms with Gasteiger partial charge < -0.3 is 4.90 Å². The van der Waals surface area contributed by atoms with Crippen LogP contribution in [0.2, 0.25) is 10.2 Å². The van der Waals surface area contributed by atoms with Gasteiger partial charge in [0.2, 0.25) is 0 Å². The normalized spacial score (nSPS) is 17.2. The monoisotopic (exact) mass is 338 g/mol. The molecule has 0 atom stereocenters. The Morgan fingerprint density at radius 3 is 2.35 bits per heavy atom. The molecule has 1 aromatic heterocycles. The quantitative estimate of drug-likeness (QED) is 0.787. The summed E-state index contributed by atoms with van der Waals surface area (Å²) < 4.78 is 23.5. The maximum atomic E-state index is 12.2. The molecule has 2 heterocycles. The molecule has 0 aromatic carbocycles. The second kappa shape index (κ2) is 5.82. The lowest BCUT2D eigenvalue weighted by Gasteiger charge is -2.32. The third-order valence-corrected chi connectivity index (χ3v) is 4.70. The van der Waals surface area contributed by atoms with Crippen LogP contribution in [-0.2, 0) is 10.2 Å². The van der Waals surface area contributed by atoms with E-state index in [1.54, 1.807) is 0 Å². The minimum Gasteiger partial charge on any atom is -0.336 e. The highest BCUT2D eigenvalue weighted by Gasteiger charge is 2.27. The van der Waals surface area contributed by atoms with Gasteiger partial charge in [-0.1, -0.05) is 23.2 Å². The van der Waals surface area contributed by atoms with Crippen LogP contribution in [0.25, 0.3) is 0 Å². The molecular formula is C10H12Cl2N4O3S. The van der Waals surface area contributed by atoms with Gasteiger partial charge in [0.1, 0.15) is 5.15 Å². The number of nitrogens with zero attached hydrogens (tertiary/aromatic N) is 3. The fraction of sp³-hybridized carbons (Fsp3) is 0.400. The van der Waals surface area contributed by atoms with Gasteiger partial charge in [0.15, 0.2) is 0 Å². The molecule has 1 saturated heterocycles. The predicted molar refractivity (Wildman–Crippen MR) is 74.8 cm³/mol. The van der Waals surface area contributed by atoms with E-state index in [2.05, 4.69) is 4.98 Å². The molecule has 0 spiro atoms. The minimum atomic E-state index is -3.71. The molecule has 0 saturated carbocycles. The number of rotatable bonds is 2. The number of carbonyl (C=O) groups is 1. The van der Waals surface area contributed by atoms with Gasteiger partial charge >= 0.3 is 0 Å². The Morgan fingerprint density at radius 1 is 1.25 bits per heavy atom. The van der Waals surface area contributed by atoms with Gasteiger partial charge in [0.25, 0.3) is 16.1 Å². The third-order valence-electron chi connectivity index (χ3n) is 2.93. The van der Waals surface area contributed by atoms with Crippen LogP contribution in [0.5, 0.6) is 0 Å². The van der Waals surface area contributed by atoms with Gasteiger partial charge in [-0.2, -0.15) is 12.7 Å². The van der Waals surface area contributed by atoms with E-state index in [1.807, 2.05) is 0 Å². The maximum absolute atomic E-state index is 12.2. The first-order valence-electron chi connectivity index (χ1n) is 5.67. The average molecular weight is 339 g/mol. The average Bonchev–Trinajstić information content (AvgIpc) is 2.40. The molecular weight excluding hydrogens is 327 g/mol. The van der Waals surface area contributed by atoms with Crippen LogP contribution in [0.3, 0.4) is 0 Å². The predicted octanol–water partition coefficient (Wildman–Crippen LogP) is 0.350. The fourth-order valence-corrected chi connectivity index (χ4v) is 2.81. The van der Waals surface area contributed by atoms with E-state index in [0.29, 0.717) is 5.56 Å². The molecule has 20 heavy (non-hydrogen) atoms. The van der Waals surface area contributed by atoms with Gasteiger partial charge in [0, 0.05) is 32.4 Å². The number of piperazine rings is 1. The van der Waals surface area contributed by atoms with Crippen LogP contribution >= 0.6 is 23.2 Å². The van der Waals surface area contributed by atoms with Gasteiger partial charge in [-0.15, -0.1) is 0 Å². The van der Waals surface area contributed by atoms with Crippen molar-refractivity contribution in [2.45, 2.75) is 0 Å². The molecule has 2 rings (SSSR count). The lowest BCUT2D eigenvalue weighted by molar-refractivity contribution is 0.0697. The summed E-state index contributed by atoms with van der Waals surface area (Å²) in [7, 11) is -3.71. The molecule has 0 aliphatic carbocycles. The number of aromatic nitrogens is 1. The minimum absolute atomic E-state index is 0.127. The molecule has 1 aliphatic rings. The number of carbonyl (C=O) groups excluding carboxylic acids is 1. The van der Waals surface area contributed by atoms with Crippen molar-refractivity contribution in [3.05, 3.63) is 28.0 Å². The van der Waals surface area contributed by atoms with Crippen molar-refractivity contribution >= 4 is 39.3 Å². The van der Waals surface area contributed by atoms with Crippen LogP contribution < -0.4 is 5.14 Å². The first-order chi connectivity index (χ1) is 9.29. The third kappa shape index (κ3) is 3.39. The van der Waals surface area contributed by atoms with Crippen molar-refractivity contribution in [1.29, 1.82) is 0 Å². The van der Waals surface area contributed by atoms with Gasteiger partial charge in [-0.25, -0.2) is 10.1 Å². The van der Waals surface area contributed by atoms with Crippen molar-refractivity contribution < 1.29 is 13.2 Å². The highest BCUT2D eigenvalue weighted by Crippen LogP contribution is 2.20. The SMILES string of the molecule is NS(=O)(=O)N1CCN(C(=O)c2cnc(Cl)c(Cl)c2)CC1. The lowest BCUT2D eigenvalue weighted by atomic mass is 10.2. The van der Waals surface area contributed by atoms with Crippen LogP contribution in [0.1, 0.15) is 10.4 Å². The Kier molecular flexibility index (Phi) is 4.50. The van der Waals surface area contributed by atoms with E-state index in [9.17, 15) is 13.2 Å². The van der Waals surface area contributed by atoms with Crippen LogP contribution in [-0.4, -0.2) is 54.7 Å². The van der Waals surface area contributed by atoms with Crippen molar-refractivity contribution in [2.24, 2.45) is 5.14 Å². The Balaban J connectivity index is 2.07. The summed E-state index contributed by atoms with van der Waals surface area (Å²) in [4.78, 5) is 17.5. The summed E-state index contributed by atoms with van der Waals surface area (Å²) >= 11 is 11.5. The van der Waals surface area contributed by atoms with Crippen molar-refractivity contribution in [3.8, 4) is 0 Å². The maximum Gasteiger partial charge on any atom is 0.277 e. The number of halogens is 2. The van der Waals surface area contributed by atoms with Crippen LogP contribution in [0.15, 0.2) is 12.3 Å². The first kappa shape index (κ1) is 15.5. The van der Waals surface area contributed by atoms with Crippen LogP contribution in [0.4, 0.5) is 0 Å². The molecule has 0 unspecified atom stereocenters. The zero-order valence-electron chi connectivity index (χ0n) is 10.3. The number of pyridine rings is 1. The molecule has 1 amide bonds. The Morgan fingerprint density at radius 2 is 1.85 bits per heavy atom. The first-order valence-corrected chi connectivity index (χ1v) is 7.93. The molecule has 110 valence electrons. The number of nitrogens with two attached hydrogens (primary N) is 1. The standard InChI is InChI=1S/C10H12Cl2N4O3S/c11-8-5-7(6-14-9(8)12)10(17)15-1-3-16(4-2-15)20(13,18)19/h5-6H,1-4H2,(H2,13,18,19). The summed E-state index contributed by atoms with van der Waals surface area (Å²) in [5, 5.41) is 5.35. The molecule has 10 heteroatoms. The van der Waals surface area contributed by atoms with E-state index < -0.39 is 10.2 Å². The smallest absolute Gasteiger partial charge is 0.277 e. The van der Waals surface area contributed by atoms with Gasteiger partial charge in [0.05, 0.1) is 10.6 Å². The highest BCUT2D eigenvalue weighted by atomic mass is 35.5. The molecule has 1 fully saturated rings. The molecule has 0 radical (unpaired) electrons. The van der Waals surface area contributed by atoms with E-state index >= 15 is 0 Å². The van der Waals surface area contributed by atoms with Crippen molar-refractivity contribution in [1.82, 2.24) is 14.2 Å². The summed E-state index contributed by atoms with van der Waals surface area (Å²) in [6, 6.07) is 1.44. The van der Waals surface area contributed by atoms with Crippen molar-refractivity contribution in [2.75, 3.05) is 26.2 Å². The Labute approximate surface area is 126 Å². The summed E-state index contributed by atoms with van der Waals surface area (Å²) in [6.07, 6.45) is 1.34. The zero-order chi connectivity index (χ0) is 14.9.